The summed E-state index contributed by atoms with van der Waals surface area (Å²) in [4.78, 5) is 11.4. The number of anilines is 1. The van der Waals surface area contributed by atoms with E-state index in [1.807, 2.05) is 0 Å². The van der Waals surface area contributed by atoms with E-state index in [0.717, 1.165) is 0 Å². The number of carbonyl (C=O) groups is 1. The van der Waals surface area contributed by atoms with Crippen molar-refractivity contribution in [3.63, 3.8) is 0 Å². The Hall–Kier alpha value is -1.21. The first kappa shape index (κ1) is 13.9. The molecule has 0 aromatic heterocycles. The van der Waals surface area contributed by atoms with E-state index in [1.165, 1.54) is 0 Å². The maximum Gasteiger partial charge on any atom is 0.441 e. The van der Waals surface area contributed by atoms with Crippen LogP contribution < -0.4 is 11.1 Å². The smallest absolute Gasteiger partial charge is 0.325 e. The van der Waals surface area contributed by atoms with Crippen LogP contribution in [0.2, 0.25) is 0 Å². The Morgan fingerprint density at radius 2 is 1.94 bits per heavy atom. The van der Waals surface area contributed by atoms with E-state index in [9.17, 15) is 18.0 Å². The first-order valence-electron chi connectivity index (χ1n) is 4.70. The van der Waals surface area contributed by atoms with Gasteiger partial charge in [0, 0.05) is 11.4 Å². The second-order valence-electron chi connectivity index (χ2n) is 3.22. The zero-order chi connectivity index (χ0) is 12.9. The van der Waals surface area contributed by atoms with Crippen molar-refractivity contribution in [2.75, 3.05) is 11.1 Å². The molecule has 0 aliphatic carbocycles. The molecule has 0 aliphatic rings. The maximum atomic E-state index is 11.9. The second kappa shape index (κ2) is 5.92. The van der Waals surface area contributed by atoms with Crippen molar-refractivity contribution in [3.8, 4) is 0 Å². The number of nitrogens with two attached hydrogens (primary N) is 1. The third-order valence-electron chi connectivity index (χ3n) is 1.80. The second-order valence-corrected chi connectivity index (χ2v) is 4.30. The summed E-state index contributed by atoms with van der Waals surface area (Å²) < 4.78 is 35.6. The van der Waals surface area contributed by atoms with Gasteiger partial charge in [-0.05, 0) is 23.9 Å². The molecular weight excluding hydrogens is 253 g/mol. The van der Waals surface area contributed by atoms with E-state index in [2.05, 4.69) is 5.32 Å². The van der Waals surface area contributed by atoms with Crippen LogP contribution in [0, 0.1) is 0 Å². The molecule has 1 amide bonds. The topological polar surface area (TPSA) is 55.1 Å². The molecule has 3 nitrogen and oxygen atoms in total. The highest BCUT2D eigenvalue weighted by Gasteiger charge is 2.30. The zero-order valence-corrected chi connectivity index (χ0v) is 9.52. The number of hydrogen-bond donors (Lipinski definition) is 2. The Balaban J connectivity index is 2.43. The van der Waals surface area contributed by atoms with Gasteiger partial charge in [-0.25, -0.2) is 0 Å². The molecule has 0 saturated heterocycles. The standard InChI is InChI=1S/C10H11F3N2OS/c11-10(12,13)17-6-8(14)9(16)15-7-4-2-1-3-5-7/h1-5,8H,6,14H2,(H,15,16). The van der Waals surface area contributed by atoms with Gasteiger partial charge in [-0.1, -0.05) is 18.2 Å². The molecule has 3 N–H and O–H groups in total. The third kappa shape index (κ3) is 5.60. The number of thioether (sulfide) groups is 1. The van der Waals surface area contributed by atoms with Crippen LogP contribution in [0.25, 0.3) is 0 Å². The molecule has 0 radical (unpaired) electrons. The molecule has 94 valence electrons. The van der Waals surface area contributed by atoms with Gasteiger partial charge < -0.3 is 11.1 Å². The number of amides is 1. The summed E-state index contributed by atoms with van der Waals surface area (Å²) >= 11 is -0.305. The molecule has 0 aliphatic heterocycles. The monoisotopic (exact) mass is 264 g/mol. The zero-order valence-electron chi connectivity index (χ0n) is 8.70. The molecule has 7 heteroatoms. The van der Waals surface area contributed by atoms with Crippen molar-refractivity contribution >= 4 is 23.4 Å². The Morgan fingerprint density at radius 1 is 1.35 bits per heavy atom. The van der Waals surface area contributed by atoms with Crippen molar-refractivity contribution in [2.24, 2.45) is 5.73 Å². The highest BCUT2D eigenvalue weighted by Crippen LogP contribution is 2.30. The first-order valence-corrected chi connectivity index (χ1v) is 5.69. The van der Waals surface area contributed by atoms with Crippen LogP contribution in [0.15, 0.2) is 30.3 Å². The highest BCUT2D eigenvalue weighted by molar-refractivity contribution is 8.00. The van der Waals surface area contributed by atoms with E-state index in [4.69, 9.17) is 5.73 Å². The quantitative estimate of drug-likeness (QED) is 0.876. The summed E-state index contributed by atoms with van der Waals surface area (Å²) in [5, 5.41) is 2.43. The summed E-state index contributed by atoms with van der Waals surface area (Å²) in [6, 6.07) is 7.22. The van der Waals surface area contributed by atoms with Crippen molar-refractivity contribution in [1.29, 1.82) is 0 Å². The number of carbonyl (C=O) groups excluding carboxylic acids is 1. The number of rotatable bonds is 4. The molecular formula is C10H11F3N2OS. The summed E-state index contributed by atoms with van der Waals surface area (Å²) in [6.07, 6.45) is 0. The van der Waals surface area contributed by atoms with Crippen LogP contribution >= 0.6 is 11.8 Å². The highest BCUT2D eigenvalue weighted by atomic mass is 32.2. The van der Waals surface area contributed by atoms with Gasteiger partial charge in [0.25, 0.3) is 0 Å². The minimum atomic E-state index is -4.37. The fourth-order valence-corrected chi connectivity index (χ4v) is 1.54. The molecule has 1 atom stereocenters. The van der Waals surface area contributed by atoms with Crippen LogP contribution in [0.1, 0.15) is 0 Å². The lowest BCUT2D eigenvalue weighted by molar-refractivity contribution is -0.116. The molecule has 0 bridgehead atoms. The number of benzene rings is 1. The summed E-state index contributed by atoms with van der Waals surface area (Å²) in [5.74, 6) is -1.13. The molecule has 1 rings (SSSR count). The summed E-state index contributed by atoms with van der Waals surface area (Å²) in [7, 11) is 0. The van der Waals surface area contributed by atoms with Crippen LogP contribution in [-0.2, 0) is 4.79 Å². The van der Waals surface area contributed by atoms with E-state index >= 15 is 0 Å². The number of alkyl halides is 3. The number of para-hydroxylation sites is 1. The predicted octanol–water partition coefficient (Wildman–Crippen LogP) is 2.21. The molecule has 17 heavy (non-hydrogen) atoms. The van der Waals surface area contributed by atoms with Crippen molar-refractivity contribution in [2.45, 2.75) is 11.6 Å². The van der Waals surface area contributed by atoms with Crippen molar-refractivity contribution in [3.05, 3.63) is 30.3 Å². The SMILES string of the molecule is NC(CSC(F)(F)F)C(=O)Nc1ccccc1. The fourth-order valence-electron chi connectivity index (χ4n) is 1.02. The molecule has 0 fully saturated rings. The molecule has 1 unspecified atom stereocenters. The molecule has 0 heterocycles. The van der Waals surface area contributed by atoms with Crippen LogP contribution in [0.4, 0.5) is 18.9 Å². The third-order valence-corrected chi connectivity index (χ3v) is 2.66. The lowest BCUT2D eigenvalue weighted by Crippen LogP contribution is -2.38. The normalized spacial score (nSPS) is 13.2. The lowest BCUT2D eigenvalue weighted by atomic mass is 10.3. The van der Waals surface area contributed by atoms with Crippen molar-refractivity contribution in [1.82, 2.24) is 0 Å². The summed E-state index contributed by atoms with van der Waals surface area (Å²) in [5.41, 5.74) is 1.47. The largest absolute Gasteiger partial charge is 0.441 e. The minimum absolute atomic E-state index is 0.305. The first-order chi connectivity index (χ1) is 7.88. The molecule has 0 saturated carbocycles. The molecule has 1 aromatic carbocycles. The predicted molar refractivity (Wildman–Crippen MR) is 61.6 cm³/mol. The van der Waals surface area contributed by atoms with Crippen LogP contribution in [0.5, 0.6) is 0 Å². The number of halogens is 3. The Morgan fingerprint density at radius 3 is 2.47 bits per heavy atom. The van der Waals surface area contributed by atoms with E-state index in [0.29, 0.717) is 5.69 Å². The molecule has 1 aromatic rings. The fraction of sp³-hybridized carbons (Fsp3) is 0.300. The number of hydrogen-bond acceptors (Lipinski definition) is 3. The van der Waals surface area contributed by atoms with E-state index in [1.54, 1.807) is 30.3 Å². The van der Waals surface area contributed by atoms with Gasteiger partial charge in [-0.2, -0.15) is 13.2 Å². The Bertz CT molecular complexity index is 370. The van der Waals surface area contributed by atoms with Gasteiger partial charge in [0.05, 0.1) is 6.04 Å². The number of nitrogens with one attached hydrogen (secondary N) is 1. The van der Waals surface area contributed by atoms with Gasteiger partial charge in [-0.3, -0.25) is 4.79 Å². The van der Waals surface area contributed by atoms with Gasteiger partial charge in [0.1, 0.15) is 0 Å². The Labute approximate surface area is 101 Å². The van der Waals surface area contributed by atoms with E-state index < -0.39 is 23.2 Å². The van der Waals surface area contributed by atoms with Crippen LogP contribution in [0.3, 0.4) is 0 Å². The van der Waals surface area contributed by atoms with Gasteiger partial charge >= 0.3 is 5.51 Å². The van der Waals surface area contributed by atoms with Gasteiger partial charge in [-0.15, -0.1) is 0 Å². The lowest BCUT2D eigenvalue weighted by Gasteiger charge is -2.12. The minimum Gasteiger partial charge on any atom is -0.325 e. The van der Waals surface area contributed by atoms with Gasteiger partial charge in [0.15, 0.2) is 0 Å². The Kier molecular flexibility index (Phi) is 4.83. The van der Waals surface area contributed by atoms with Gasteiger partial charge in [0.2, 0.25) is 5.91 Å². The molecule has 0 spiro atoms. The van der Waals surface area contributed by atoms with Crippen LogP contribution in [-0.4, -0.2) is 23.2 Å². The van der Waals surface area contributed by atoms with E-state index in [-0.39, 0.29) is 11.8 Å². The maximum absolute atomic E-state index is 11.9. The van der Waals surface area contributed by atoms with Crippen molar-refractivity contribution < 1.29 is 18.0 Å². The average Bonchev–Trinajstić information content (AvgIpc) is 2.26. The summed E-state index contributed by atoms with van der Waals surface area (Å²) in [6.45, 7) is 0. The average molecular weight is 264 g/mol.